The summed E-state index contributed by atoms with van der Waals surface area (Å²) in [6, 6.07) is 15.4. The monoisotopic (exact) mass is 350 g/mol. The lowest BCUT2D eigenvalue weighted by molar-refractivity contribution is 0.0945. The molecule has 26 heavy (non-hydrogen) atoms. The van der Waals surface area contributed by atoms with Crippen LogP contribution in [0, 0.1) is 19.7 Å². The van der Waals surface area contributed by atoms with Gasteiger partial charge in [0.2, 0.25) is 5.95 Å². The van der Waals surface area contributed by atoms with Crippen molar-refractivity contribution >= 4 is 17.5 Å². The Morgan fingerprint density at radius 3 is 2.54 bits per heavy atom. The van der Waals surface area contributed by atoms with Gasteiger partial charge in [0.15, 0.2) is 0 Å². The first-order chi connectivity index (χ1) is 12.5. The summed E-state index contributed by atoms with van der Waals surface area (Å²) < 4.78 is 12.9. The van der Waals surface area contributed by atoms with Crippen molar-refractivity contribution in [2.24, 2.45) is 0 Å². The van der Waals surface area contributed by atoms with Crippen LogP contribution in [0.3, 0.4) is 0 Å². The maximum atomic E-state index is 12.9. The molecule has 132 valence electrons. The number of benzene rings is 2. The number of amides is 1. The van der Waals surface area contributed by atoms with Gasteiger partial charge in [0.1, 0.15) is 11.5 Å². The topological polar surface area (TPSA) is 66.9 Å². The van der Waals surface area contributed by atoms with Crippen LogP contribution in [-0.4, -0.2) is 15.9 Å². The van der Waals surface area contributed by atoms with Gasteiger partial charge < -0.3 is 10.6 Å². The Morgan fingerprint density at radius 1 is 1.04 bits per heavy atom. The van der Waals surface area contributed by atoms with Crippen molar-refractivity contribution in [3.63, 3.8) is 0 Å². The molecule has 3 aromatic rings. The van der Waals surface area contributed by atoms with Crippen LogP contribution < -0.4 is 10.6 Å². The third-order valence-corrected chi connectivity index (χ3v) is 3.73. The molecule has 0 saturated carbocycles. The Labute approximate surface area is 151 Å². The highest BCUT2D eigenvalue weighted by atomic mass is 19.1. The molecule has 0 bridgehead atoms. The van der Waals surface area contributed by atoms with Crippen LogP contribution in [0.15, 0.2) is 54.6 Å². The Kier molecular flexibility index (Phi) is 5.22. The van der Waals surface area contributed by atoms with E-state index >= 15 is 0 Å². The SMILES string of the molecule is Cc1cccc(Nc2nc(C)cc(C(=O)NCc3ccc(F)cc3)n2)c1. The first-order valence-corrected chi connectivity index (χ1v) is 8.21. The van der Waals surface area contributed by atoms with E-state index in [0.717, 1.165) is 16.8 Å². The highest BCUT2D eigenvalue weighted by molar-refractivity contribution is 5.92. The Morgan fingerprint density at radius 2 is 1.81 bits per heavy atom. The Bertz CT molecular complexity index is 925. The number of carbonyl (C=O) groups is 1. The van der Waals surface area contributed by atoms with Gasteiger partial charge in [-0.3, -0.25) is 4.79 Å². The van der Waals surface area contributed by atoms with Crippen molar-refractivity contribution in [2.45, 2.75) is 20.4 Å². The molecular formula is C20H19FN4O. The van der Waals surface area contributed by atoms with E-state index in [4.69, 9.17) is 0 Å². The van der Waals surface area contributed by atoms with Crippen LogP contribution in [0.4, 0.5) is 16.0 Å². The molecule has 0 aliphatic rings. The Balaban J connectivity index is 1.71. The second kappa shape index (κ2) is 7.74. The fourth-order valence-corrected chi connectivity index (χ4v) is 2.47. The smallest absolute Gasteiger partial charge is 0.270 e. The minimum Gasteiger partial charge on any atom is -0.347 e. The lowest BCUT2D eigenvalue weighted by Gasteiger charge is -2.09. The third-order valence-electron chi connectivity index (χ3n) is 3.73. The summed E-state index contributed by atoms with van der Waals surface area (Å²) in [5, 5.41) is 5.90. The summed E-state index contributed by atoms with van der Waals surface area (Å²) in [5.74, 6) is -0.256. The van der Waals surface area contributed by atoms with Crippen molar-refractivity contribution in [3.8, 4) is 0 Å². The summed E-state index contributed by atoms with van der Waals surface area (Å²) in [7, 11) is 0. The summed E-state index contributed by atoms with van der Waals surface area (Å²) in [4.78, 5) is 21.0. The van der Waals surface area contributed by atoms with Crippen LogP contribution in [0.2, 0.25) is 0 Å². The molecule has 2 N–H and O–H groups in total. The molecule has 0 unspecified atom stereocenters. The summed E-state index contributed by atoms with van der Waals surface area (Å²) in [5.41, 5.74) is 3.73. The van der Waals surface area contributed by atoms with Gasteiger partial charge in [0.05, 0.1) is 0 Å². The van der Waals surface area contributed by atoms with Gasteiger partial charge >= 0.3 is 0 Å². The van der Waals surface area contributed by atoms with E-state index in [-0.39, 0.29) is 17.4 Å². The molecule has 0 aliphatic heterocycles. The molecule has 1 heterocycles. The number of carbonyl (C=O) groups excluding carboxylic acids is 1. The first-order valence-electron chi connectivity index (χ1n) is 8.21. The quantitative estimate of drug-likeness (QED) is 0.732. The lowest BCUT2D eigenvalue weighted by Crippen LogP contribution is -2.24. The van der Waals surface area contributed by atoms with E-state index < -0.39 is 0 Å². The molecular weight excluding hydrogens is 331 g/mol. The van der Waals surface area contributed by atoms with Crippen molar-refractivity contribution in [1.29, 1.82) is 0 Å². The number of nitrogens with one attached hydrogen (secondary N) is 2. The average Bonchev–Trinajstić information content (AvgIpc) is 2.60. The Hall–Kier alpha value is -3.28. The molecule has 0 saturated heterocycles. The van der Waals surface area contributed by atoms with Crippen molar-refractivity contribution < 1.29 is 9.18 Å². The number of aryl methyl sites for hydroxylation is 2. The molecule has 0 fully saturated rings. The van der Waals surface area contributed by atoms with E-state index in [2.05, 4.69) is 20.6 Å². The summed E-state index contributed by atoms with van der Waals surface area (Å²) in [6.07, 6.45) is 0. The van der Waals surface area contributed by atoms with E-state index in [1.807, 2.05) is 31.2 Å². The number of aromatic nitrogens is 2. The molecule has 5 nitrogen and oxygen atoms in total. The fourth-order valence-electron chi connectivity index (χ4n) is 2.47. The number of hydrogen-bond donors (Lipinski definition) is 2. The first kappa shape index (κ1) is 17.5. The van der Waals surface area contributed by atoms with E-state index in [1.54, 1.807) is 25.1 Å². The minimum atomic E-state index is -0.313. The largest absolute Gasteiger partial charge is 0.347 e. The number of anilines is 2. The zero-order chi connectivity index (χ0) is 18.5. The highest BCUT2D eigenvalue weighted by Gasteiger charge is 2.11. The molecule has 0 aliphatic carbocycles. The fraction of sp³-hybridized carbons (Fsp3) is 0.150. The standard InChI is InChI=1S/C20H19FN4O/c1-13-4-3-5-17(10-13)24-20-23-14(2)11-18(25-20)19(26)22-12-15-6-8-16(21)9-7-15/h3-11H,12H2,1-2H3,(H,22,26)(H,23,24,25). The van der Waals surface area contributed by atoms with Crippen molar-refractivity contribution in [1.82, 2.24) is 15.3 Å². The van der Waals surface area contributed by atoms with Gasteiger partial charge in [-0.15, -0.1) is 0 Å². The molecule has 0 atom stereocenters. The number of hydrogen-bond acceptors (Lipinski definition) is 4. The van der Waals surface area contributed by atoms with E-state index in [1.165, 1.54) is 12.1 Å². The molecule has 3 rings (SSSR count). The molecule has 1 amide bonds. The van der Waals surface area contributed by atoms with Crippen LogP contribution in [0.1, 0.15) is 27.3 Å². The maximum Gasteiger partial charge on any atom is 0.270 e. The predicted octanol–water partition coefficient (Wildman–Crippen LogP) is 3.91. The second-order valence-electron chi connectivity index (χ2n) is 6.02. The van der Waals surface area contributed by atoms with Crippen LogP contribution in [0.5, 0.6) is 0 Å². The van der Waals surface area contributed by atoms with Gasteiger partial charge in [-0.05, 0) is 55.3 Å². The lowest BCUT2D eigenvalue weighted by atomic mass is 10.2. The van der Waals surface area contributed by atoms with Crippen molar-refractivity contribution in [2.75, 3.05) is 5.32 Å². The van der Waals surface area contributed by atoms with Crippen LogP contribution in [0.25, 0.3) is 0 Å². The van der Waals surface area contributed by atoms with Gasteiger partial charge in [-0.2, -0.15) is 0 Å². The molecule has 2 aromatic carbocycles. The normalized spacial score (nSPS) is 10.4. The second-order valence-corrected chi connectivity index (χ2v) is 6.02. The van der Waals surface area contributed by atoms with Gasteiger partial charge in [-0.1, -0.05) is 24.3 Å². The van der Waals surface area contributed by atoms with Crippen molar-refractivity contribution in [3.05, 3.63) is 82.9 Å². The highest BCUT2D eigenvalue weighted by Crippen LogP contribution is 2.15. The zero-order valence-corrected chi connectivity index (χ0v) is 14.6. The minimum absolute atomic E-state index is 0.273. The summed E-state index contributed by atoms with van der Waals surface area (Å²) in [6.45, 7) is 4.10. The number of halogens is 1. The van der Waals surface area contributed by atoms with Gasteiger partial charge in [-0.25, -0.2) is 14.4 Å². The molecule has 0 radical (unpaired) electrons. The summed E-state index contributed by atoms with van der Waals surface area (Å²) >= 11 is 0. The van der Waals surface area contributed by atoms with E-state index in [9.17, 15) is 9.18 Å². The van der Waals surface area contributed by atoms with Crippen LogP contribution in [-0.2, 0) is 6.54 Å². The number of rotatable bonds is 5. The zero-order valence-electron chi connectivity index (χ0n) is 14.6. The van der Waals surface area contributed by atoms with Crippen LogP contribution >= 0.6 is 0 Å². The maximum absolute atomic E-state index is 12.9. The third kappa shape index (κ3) is 4.63. The average molecular weight is 350 g/mol. The molecule has 1 aromatic heterocycles. The van der Waals surface area contributed by atoms with E-state index in [0.29, 0.717) is 18.2 Å². The molecule has 6 heteroatoms. The molecule has 0 spiro atoms. The van der Waals surface area contributed by atoms with Gasteiger partial charge in [0.25, 0.3) is 5.91 Å². The van der Waals surface area contributed by atoms with Gasteiger partial charge in [0, 0.05) is 17.9 Å². The predicted molar refractivity (Wildman–Crippen MR) is 98.8 cm³/mol. The number of nitrogens with zero attached hydrogens (tertiary/aromatic N) is 2.